The zero-order valence-electron chi connectivity index (χ0n) is 16.6. The molecule has 1 aromatic carbocycles. The van der Waals surface area contributed by atoms with Crippen LogP contribution >= 0.6 is 0 Å². The predicted octanol–water partition coefficient (Wildman–Crippen LogP) is 0.743. The molecule has 0 unspecified atom stereocenters. The van der Waals surface area contributed by atoms with Gasteiger partial charge in [0.2, 0.25) is 5.91 Å². The van der Waals surface area contributed by atoms with Gasteiger partial charge in [-0.05, 0) is 18.9 Å². The summed E-state index contributed by atoms with van der Waals surface area (Å²) in [5, 5.41) is 23.6. The number of nitrogens with one attached hydrogen (secondary N) is 2. The fourth-order valence-corrected chi connectivity index (χ4v) is 2.23. The number of alkyl carbamates (subject to hydrolysis) is 1. The minimum absolute atomic E-state index is 0.0584. The van der Waals surface area contributed by atoms with E-state index in [-0.39, 0.29) is 26.2 Å². The summed E-state index contributed by atoms with van der Waals surface area (Å²) in [5.74, 6) is -2.64. The molecule has 0 saturated heterocycles. The lowest BCUT2D eigenvalue weighted by Gasteiger charge is -2.15. The average Bonchev–Trinajstić information content (AvgIpc) is 2.70. The second kappa shape index (κ2) is 13.7. The van der Waals surface area contributed by atoms with Crippen LogP contribution in [0.15, 0.2) is 42.5 Å². The summed E-state index contributed by atoms with van der Waals surface area (Å²) in [6.07, 6.45) is -0.210. The third-order valence-electron chi connectivity index (χ3n) is 3.66. The van der Waals surface area contributed by atoms with Crippen molar-refractivity contribution in [1.82, 2.24) is 10.6 Å². The highest BCUT2D eigenvalue weighted by molar-refractivity contribution is 5.84. The van der Waals surface area contributed by atoms with Crippen LogP contribution in [0.3, 0.4) is 0 Å². The molecule has 164 valence electrons. The van der Waals surface area contributed by atoms with Gasteiger partial charge in [-0.15, -0.1) is 0 Å². The maximum Gasteiger partial charge on any atom is 0.407 e. The molecule has 0 spiro atoms. The largest absolute Gasteiger partial charge is 0.480 e. The molecule has 0 aliphatic carbocycles. The summed E-state index contributed by atoms with van der Waals surface area (Å²) in [6.45, 7) is 1.63. The number of carboxylic acids is 1. The molecule has 10 heteroatoms. The van der Waals surface area contributed by atoms with Crippen molar-refractivity contribution in [2.24, 2.45) is 0 Å². The minimum atomic E-state index is -1.30. The lowest BCUT2D eigenvalue weighted by molar-refractivity contribution is -0.142. The number of amides is 2. The third-order valence-corrected chi connectivity index (χ3v) is 3.66. The Morgan fingerprint density at radius 2 is 1.83 bits per heavy atom. The highest BCUT2D eigenvalue weighted by Gasteiger charge is 2.20. The molecule has 0 radical (unpaired) electrons. The monoisotopic (exact) mass is 422 g/mol. The van der Waals surface area contributed by atoms with Crippen molar-refractivity contribution in [2.45, 2.75) is 38.5 Å². The van der Waals surface area contributed by atoms with E-state index in [4.69, 9.17) is 9.84 Å². The molecule has 0 aliphatic rings. The number of carbonyl (C=O) groups is 4. The second-order valence-electron chi connectivity index (χ2n) is 6.15. The van der Waals surface area contributed by atoms with Gasteiger partial charge in [-0.1, -0.05) is 36.4 Å². The lowest BCUT2D eigenvalue weighted by atomic mass is 10.1. The summed E-state index contributed by atoms with van der Waals surface area (Å²) in [7, 11) is 0. The zero-order chi connectivity index (χ0) is 22.4. The molecule has 0 fully saturated rings. The Hall–Kier alpha value is -3.40. The molecule has 30 heavy (non-hydrogen) atoms. The molecule has 2 amide bonds. The number of ether oxygens (including phenoxy) is 2. The average molecular weight is 422 g/mol. The van der Waals surface area contributed by atoms with Crippen LogP contribution in [0, 0.1) is 0 Å². The van der Waals surface area contributed by atoms with E-state index in [0.717, 1.165) is 11.6 Å². The first-order valence-electron chi connectivity index (χ1n) is 9.29. The van der Waals surface area contributed by atoms with Gasteiger partial charge in [0, 0.05) is 12.6 Å². The van der Waals surface area contributed by atoms with Crippen molar-refractivity contribution in [3.8, 4) is 0 Å². The fraction of sp³-hybridized carbons (Fsp3) is 0.400. The first-order chi connectivity index (χ1) is 14.3. The summed E-state index contributed by atoms with van der Waals surface area (Å²) in [6, 6.07) is 7.72. The molecule has 10 nitrogen and oxygen atoms in total. The summed E-state index contributed by atoms with van der Waals surface area (Å²) in [5.41, 5.74) is 0.796. The second-order valence-corrected chi connectivity index (χ2v) is 6.15. The molecule has 1 aromatic rings. The van der Waals surface area contributed by atoms with E-state index in [9.17, 15) is 24.3 Å². The Kier molecular flexibility index (Phi) is 11.3. The van der Waals surface area contributed by atoms with E-state index >= 15 is 0 Å². The van der Waals surface area contributed by atoms with Crippen molar-refractivity contribution in [2.75, 3.05) is 13.2 Å². The topological polar surface area (TPSA) is 151 Å². The number of hydrogen-bond acceptors (Lipinski definition) is 7. The van der Waals surface area contributed by atoms with E-state index in [0.29, 0.717) is 0 Å². The molecule has 0 saturated carbocycles. The molecule has 1 rings (SSSR count). The number of rotatable bonds is 12. The SMILES string of the molecule is CCOC(=O)/C=C/C[C@H](NC(=O)C[C@@H](O)CNC(=O)OCc1ccccc1)C(=O)O. The molecular formula is C20H26N2O8. The van der Waals surface area contributed by atoms with Crippen molar-refractivity contribution in [3.63, 3.8) is 0 Å². The van der Waals surface area contributed by atoms with Crippen molar-refractivity contribution in [3.05, 3.63) is 48.0 Å². The molecular weight excluding hydrogens is 396 g/mol. The minimum Gasteiger partial charge on any atom is -0.480 e. The van der Waals surface area contributed by atoms with Gasteiger partial charge in [0.1, 0.15) is 12.6 Å². The van der Waals surface area contributed by atoms with E-state index in [2.05, 4.69) is 15.4 Å². The van der Waals surface area contributed by atoms with Crippen LogP contribution in [0.4, 0.5) is 4.79 Å². The predicted molar refractivity (Wildman–Crippen MR) is 105 cm³/mol. The van der Waals surface area contributed by atoms with Crippen molar-refractivity contribution >= 4 is 23.9 Å². The Balaban J connectivity index is 2.34. The van der Waals surface area contributed by atoms with Crippen molar-refractivity contribution in [1.29, 1.82) is 0 Å². The van der Waals surface area contributed by atoms with Gasteiger partial charge >= 0.3 is 18.0 Å². The first kappa shape index (κ1) is 24.6. The number of aliphatic hydroxyl groups is 1. The molecule has 0 aromatic heterocycles. The Morgan fingerprint density at radius 1 is 1.13 bits per heavy atom. The van der Waals surface area contributed by atoms with Crippen LogP contribution in [0.1, 0.15) is 25.3 Å². The van der Waals surface area contributed by atoms with Crippen LogP contribution < -0.4 is 10.6 Å². The number of esters is 1. The number of carbonyl (C=O) groups excluding carboxylic acids is 3. The quantitative estimate of drug-likeness (QED) is 0.284. The Morgan fingerprint density at radius 3 is 2.47 bits per heavy atom. The lowest BCUT2D eigenvalue weighted by Crippen LogP contribution is -2.43. The maximum absolute atomic E-state index is 11.9. The molecule has 0 aliphatic heterocycles. The van der Waals surface area contributed by atoms with Crippen LogP contribution in [0.25, 0.3) is 0 Å². The summed E-state index contributed by atoms with van der Waals surface area (Å²) < 4.78 is 9.64. The number of aliphatic carboxylic acids is 1. The van der Waals surface area contributed by atoms with Crippen molar-refractivity contribution < 1.29 is 38.9 Å². The van der Waals surface area contributed by atoms with E-state index in [1.165, 1.54) is 6.08 Å². The summed E-state index contributed by atoms with van der Waals surface area (Å²) in [4.78, 5) is 46.0. The molecule has 2 atom stereocenters. The van der Waals surface area contributed by atoms with Crippen LogP contribution in [0.2, 0.25) is 0 Å². The van der Waals surface area contributed by atoms with Gasteiger partial charge in [-0.3, -0.25) is 4.79 Å². The van der Waals surface area contributed by atoms with Gasteiger partial charge in [0.15, 0.2) is 0 Å². The van der Waals surface area contributed by atoms with E-state index in [1.54, 1.807) is 31.2 Å². The Bertz CT molecular complexity index is 736. The molecule has 4 N–H and O–H groups in total. The third kappa shape index (κ3) is 10.8. The van der Waals surface area contributed by atoms with Gasteiger partial charge in [0.25, 0.3) is 0 Å². The Labute approximate surface area is 173 Å². The fourth-order valence-electron chi connectivity index (χ4n) is 2.23. The highest BCUT2D eigenvalue weighted by atomic mass is 16.5. The smallest absolute Gasteiger partial charge is 0.407 e. The van der Waals surface area contributed by atoms with Gasteiger partial charge in [0.05, 0.1) is 19.1 Å². The number of hydrogen-bond donors (Lipinski definition) is 4. The van der Waals surface area contributed by atoms with Crippen LogP contribution in [-0.2, 0) is 30.5 Å². The zero-order valence-corrected chi connectivity index (χ0v) is 16.6. The van der Waals surface area contributed by atoms with E-state index in [1.807, 2.05) is 6.07 Å². The standard InChI is InChI=1S/C20H26N2O8/c1-2-29-18(25)10-6-9-16(19(26)27)22-17(24)11-15(23)12-21-20(28)30-13-14-7-4-3-5-8-14/h3-8,10,15-16,23H,2,9,11-13H2,1H3,(H,21,28)(H,22,24)(H,26,27)/b10-6+/t15-,16+/m1/s1. The van der Waals surface area contributed by atoms with Crippen LogP contribution in [-0.4, -0.2) is 59.4 Å². The van der Waals surface area contributed by atoms with Crippen LogP contribution in [0.5, 0.6) is 0 Å². The van der Waals surface area contributed by atoms with Gasteiger partial charge in [-0.25, -0.2) is 14.4 Å². The summed E-state index contributed by atoms with van der Waals surface area (Å²) >= 11 is 0. The maximum atomic E-state index is 11.9. The normalized spacial score (nSPS) is 12.6. The highest BCUT2D eigenvalue weighted by Crippen LogP contribution is 2.01. The molecule has 0 heterocycles. The van der Waals surface area contributed by atoms with Gasteiger partial charge in [-0.2, -0.15) is 0 Å². The number of carboxylic acid groups (broad SMARTS) is 1. The first-order valence-corrected chi connectivity index (χ1v) is 9.29. The molecule has 0 bridgehead atoms. The van der Waals surface area contributed by atoms with E-state index < -0.39 is 42.5 Å². The number of aliphatic hydroxyl groups excluding tert-OH is 1. The number of benzene rings is 1. The van der Waals surface area contributed by atoms with Gasteiger partial charge < -0.3 is 30.3 Å².